The van der Waals surface area contributed by atoms with Gasteiger partial charge in [-0.1, -0.05) is 12.2 Å². The van der Waals surface area contributed by atoms with Gasteiger partial charge < -0.3 is 10.3 Å². The SMILES string of the molecule is CC1(S)C=Cc2c(-c3ccnc(Nc4ccn[nH]4)n3)c[nH]c2C([N+](=O)[O-])=C1. The summed E-state index contributed by atoms with van der Waals surface area (Å²) in [4.78, 5) is 22.8. The highest BCUT2D eigenvalue weighted by molar-refractivity contribution is 7.82. The molecule has 0 spiro atoms. The Morgan fingerprint density at radius 2 is 2.19 bits per heavy atom. The first-order valence-electron chi connectivity index (χ1n) is 8.03. The summed E-state index contributed by atoms with van der Waals surface area (Å²) in [6.45, 7) is 1.79. The maximum absolute atomic E-state index is 11.5. The number of H-pyrrole nitrogens is 2. The fourth-order valence-electron chi connectivity index (χ4n) is 2.84. The van der Waals surface area contributed by atoms with Crippen molar-refractivity contribution < 1.29 is 4.92 Å². The van der Waals surface area contributed by atoms with Gasteiger partial charge >= 0.3 is 0 Å². The molecule has 1 unspecified atom stereocenters. The molecule has 10 heteroatoms. The molecule has 0 saturated heterocycles. The van der Waals surface area contributed by atoms with Gasteiger partial charge in [-0.3, -0.25) is 15.2 Å². The van der Waals surface area contributed by atoms with Crippen molar-refractivity contribution >= 4 is 36.2 Å². The molecule has 4 rings (SSSR count). The van der Waals surface area contributed by atoms with Crippen LogP contribution in [0.2, 0.25) is 0 Å². The van der Waals surface area contributed by atoms with Crippen LogP contribution in [0.3, 0.4) is 0 Å². The minimum absolute atomic E-state index is 0.0244. The Labute approximate surface area is 159 Å². The number of fused-ring (bicyclic) bond motifs is 1. The molecule has 9 nitrogen and oxygen atoms in total. The van der Waals surface area contributed by atoms with Gasteiger partial charge in [-0.25, -0.2) is 9.97 Å². The second kappa shape index (κ2) is 6.40. The molecule has 1 atom stereocenters. The molecule has 27 heavy (non-hydrogen) atoms. The summed E-state index contributed by atoms with van der Waals surface area (Å²) >= 11 is 4.48. The Morgan fingerprint density at radius 3 is 2.93 bits per heavy atom. The van der Waals surface area contributed by atoms with Crippen LogP contribution in [0.5, 0.6) is 0 Å². The second-order valence-electron chi connectivity index (χ2n) is 6.20. The number of thiol groups is 1. The molecule has 136 valence electrons. The lowest BCUT2D eigenvalue weighted by molar-refractivity contribution is -0.376. The molecule has 3 heterocycles. The van der Waals surface area contributed by atoms with Crippen molar-refractivity contribution in [3.63, 3.8) is 0 Å². The number of nitrogens with one attached hydrogen (secondary N) is 3. The maximum Gasteiger partial charge on any atom is 0.291 e. The standard InChI is InChI=1S/C17H15N7O2S/c1-17(27)5-2-10-11(9-19-15(10)13(8-17)24(25)26)12-3-6-18-16(21-12)22-14-4-7-20-23-14/h2-9,19,27H,1H3,(H2,18,20,21,22,23). The smallest absolute Gasteiger partial charge is 0.291 e. The van der Waals surface area contributed by atoms with Gasteiger partial charge in [0, 0.05) is 35.7 Å². The summed E-state index contributed by atoms with van der Waals surface area (Å²) in [7, 11) is 0. The number of aromatic nitrogens is 5. The van der Waals surface area contributed by atoms with E-state index < -0.39 is 9.67 Å². The van der Waals surface area contributed by atoms with Crippen molar-refractivity contribution in [1.29, 1.82) is 0 Å². The fraction of sp³-hybridized carbons (Fsp3) is 0.118. The first-order chi connectivity index (χ1) is 12.9. The van der Waals surface area contributed by atoms with Gasteiger partial charge in [0.25, 0.3) is 5.70 Å². The number of anilines is 2. The first kappa shape index (κ1) is 17.0. The second-order valence-corrected chi connectivity index (χ2v) is 7.16. The van der Waals surface area contributed by atoms with E-state index in [9.17, 15) is 10.1 Å². The molecule has 0 amide bonds. The maximum atomic E-state index is 11.5. The van der Waals surface area contributed by atoms with E-state index in [-0.39, 0.29) is 5.70 Å². The summed E-state index contributed by atoms with van der Waals surface area (Å²) in [5.74, 6) is 1.04. The minimum Gasteiger partial charge on any atom is -0.355 e. The van der Waals surface area contributed by atoms with Crippen LogP contribution in [-0.2, 0) is 0 Å². The van der Waals surface area contributed by atoms with E-state index in [1.165, 1.54) is 6.08 Å². The van der Waals surface area contributed by atoms with Crippen molar-refractivity contribution in [3.05, 3.63) is 64.2 Å². The average molecular weight is 381 g/mol. The molecular formula is C17H15N7O2S. The van der Waals surface area contributed by atoms with Gasteiger partial charge in [-0.15, -0.1) is 0 Å². The van der Waals surface area contributed by atoms with Crippen LogP contribution < -0.4 is 5.32 Å². The van der Waals surface area contributed by atoms with Crippen LogP contribution in [0.4, 0.5) is 11.8 Å². The zero-order valence-corrected chi connectivity index (χ0v) is 15.1. The van der Waals surface area contributed by atoms with Crippen LogP contribution in [-0.4, -0.2) is 34.8 Å². The van der Waals surface area contributed by atoms with Gasteiger partial charge in [-0.2, -0.15) is 17.7 Å². The van der Waals surface area contributed by atoms with Gasteiger partial charge in [-0.05, 0) is 13.0 Å². The van der Waals surface area contributed by atoms with Gasteiger partial charge in [0.2, 0.25) is 5.95 Å². The number of nitrogens with zero attached hydrogens (tertiary/aromatic N) is 4. The normalized spacial score (nSPS) is 18.5. The number of rotatable bonds is 4. The molecule has 0 bridgehead atoms. The van der Waals surface area contributed by atoms with E-state index in [4.69, 9.17) is 0 Å². The Kier molecular flexibility index (Phi) is 4.04. The highest BCUT2D eigenvalue weighted by Gasteiger charge is 2.29. The topological polar surface area (TPSA) is 125 Å². The van der Waals surface area contributed by atoms with Gasteiger partial charge in [0.15, 0.2) is 0 Å². The number of aromatic amines is 2. The molecule has 1 aliphatic rings. The quantitative estimate of drug-likeness (QED) is 0.312. The molecule has 0 saturated carbocycles. The van der Waals surface area contributed by atoms with Crippen molar-refractivity contribution in [2.45, 2.75) is 11.7 Å². The number of hydrogen-bond acceptors (Lipinski definition) is 7. The van der Waals surface area contributed by atoms with Crippen molar-refractivity contribution in [3.8, 4) is 11.3 Å². The van der Waals surface area contributed by atoms with Crippen LogP contribution in [0.1, 0.15) is 18.2 Å². The predicted molar refractivity (Wildman–Crippen MR) is 105 cm³/mol. The highest BCUT2D eigenvalue weighted by atomic mass is 32.1. The molecule has 0 aromatic carbocycles. The van der Waals surface area contributed by atoms with Crippen molar-refractivity contribution in [2.75, 3.05) is 5.32 Å². The molecule has 3 aromatic heterocycles. The molecule has 3 aromatic rings. The van der Waals surface area contributed by atoms with Gasteiger partial charge in [0.05, 0.1) is 21.6 Å². The summed E-state index contributed by atoms with van der Waals surface area (Å²) in [5.41, 5.74) is 2.44. The minimum atomic E-state index is -0.738. The Balaban J connectivity index is 1.78. The third-order valence-corrected chi connectivity index (χ3v) is 4.35. The average Bonchev–Trinajstić information content (AvgIpc) is 3.25. The zero-order valence-electron chi connectivity index (χ0n) is 14.2. The largest absolute Gasteiger partial charge is 0.355 e. The van der Waals surface area contributed by atoms with Crippen LogP contribution in [0.15, 0.2) is 42.9 Å². The Hall–Kier alpha value is -3.40. The third-order valence-electron chi connectivity index (χ3n) is 4.07. The lowest BCUT2D eigenvalue weighted by atomic mass is 10.1. The zero-order chi connectivity index (χ0) is 19.0. The molecular weight excluding hydrogens is 366 g/mol. The molecule has 1 aliphatic carbocycles. The summed E-state index contributed by atoms with van der Waals surface area (Å²) in [6, 6.07) is 3.50. The summed E-state index contributed by atoms with van der Waals surface area (Å²) in [6.07, 6.45) is 10.1. The predicted octanol–water partition coefficient (Wildman–Crippen LogP) is 3.27. The van der Waals surface area contributed by atoms with Crippen LogP contribution in [0.25, 0.3) is 23.0 Å². The molecule has 3 N–H and O–H groups in total. The van der Waals surface area contributed by atoms with Gasteiger partial charge in [0.1, 0.15) is 11.5 Å². The monoisotopic (exact) mass is 381 g/mol. The van der Waals surface area contributed by atoms with E-state index in [0.29, 0.717) is 28.7 Å². The van der Waals surface area contributed by atoms with Crippen LogP contribution in [0, 0.1) is 10.1 Å². The fourth-order valence-corrected chi connectivity index (χ4v) is 3.04. The lowest BCUT2D eigenvalue weighted by Gasteiger charge is -2.11. The van der Waals surface area contributed by atoms with E-state index in [1.807, 2.05) is 12.2 Å². The van der Waals surface area contributed by atoms with E-state index in [0.717, 1.165) is 5.56 Å². The molecule has 0 aliphatic heterocycles. The van der Waals surface area contributed by atoms with Crippen molar-refractivity contribution in [2.24, 2.45) is 0 Å². The summed E-state index contributed by atoms with van der Waals surface area (Å²) in [5, 5.41) is 21.2. The number of hydrogen-bond donors (Lipinski definition) is 4. The van der Waals surface area contributed by atoms with Crippen molar-refractivity contribution in [1.82, 2.24) is 25.1 Å². The van der Waals surface area contributed by atoms with E-state index in [1.54, 1.807) is 37.6 Å². The van der Waals surface area contributed by atoms with E-state index >= 15 is 0 Å². The Morgan fingerprint density at radius 1 is 1.33 bits per heavy atom. The summed E-state index contributed by atoms with van der Waals surface area (Å²) < 4.78 is -0.738. The Bertz CT molecular complexity index is 1070. The first-order valence-corrected chi connectivity index (χ1v) is 8.48. The van der Waals surface area contributed by atoms with E-state index in [2.05, 4.69) is 43.1 Å². The number of nitro groups is 1. The third kappa shape index (κ3) is 3.34. The lowest BCUT2D eigenvalue weighted by Crippen LogP contribution is -2.10. The molecule has 0 radical (unpaired) electrons. The molecule has 0 fully saturated rings. The van der Waals surface area contributed by atoms with Crippen LogP contribution >= 0.6 is 12.6 Å². The highest BCUT2D eigenvalue weighted by Crippen LogP contribution is 2.36.